The number of hydrogen-bond acceptors (Lipinski definition) is 2. The van der Waals surface area contributed by atoms with Gasteiger partial charge in [0.25, 0.3) is 0 Å². The minimum atomic E-state index is 0.140. The van der Waals surface area contributed by atoms with Gasteiger partial charge in [-0.2, -0.15) is 0 Å². The highest BCUT2D eigenvalue weighted by Gasteiger charge is 2.14. The first-order valence-electron chi connectivity index (χ1n) is 5.86. The molecule has 0 saturated heterocycles. The third-order valence-corrected chi connectivity index (χ3v) is 2.80. The standard InChI is InChI=1S/C15H18N2/c1-11-5-7-16-13(9-11)14-10-12(6-8-17-14)15(2,3)4/h5-10H,1-4H3. The van der Waals surface area contributed by atoms with E-state index in [-0.39, 0.29) is 5.41 Å². The van der Waals surface area contributed by atoms with Crippen LogP contribution in [0.1, 0.15) is 31.9 Å². The average molecular weight is 226 g/mol. The van der Waals surface area contributed by atoms with Crippen molar-refractivity contribution in [2.75, 3.05) is 0 Å². The minimum absolute atomic E-state index is 0.140. The van der Waals surface area contributed by atoms with Gasteiger partial charge in [0, 0.05) is 12.4 Å². The van der Waals surface area contributed by atoms with Crippen LogP contribution in [0.5, 0.6) is 0 Å². The lowest BCUT2D eigenvalue weighted by Gasteiger charge is -2.19. The Labute approximate surface area is 103 Å². The van der Waals surface area contributed by atoms with Gasteiger partial charge in [-0.1, -0.05) is 20.8 Å². The number of hydrogen-bond donors (Lipinski definition) is 0. The smallest absolute Gasteiger partial charge is 0.0889 e. The summed E-state index contributed by atoms with van der Waals surface area (Å²) < 4.78 is 0. The molecule has 0 N–H and O–H groups in total. The molecular weight excluding hydrogens is 208 g/mol. The number of pyridine rings is 2. The highest BCUT2D eigenvalue weighted by molar-refractivity contribution is 5.56. The van der Waals surface area contributed by atoms with E-state index in [0.29, 0.717) is 0 Å². The van der Waals surface area contributed by atoms with Gasteiger partial charge < -0.3 is 0 Å². The highest BCUT2D eigenvalue weighted by atomic mass is 14.8. The number of nitrogens with zero attached hydrogens (tertiary/aromatic N) is 2. The van der Waals surface area contributed by atoms with Gasteiger partial charge in [0.1, 0.15) is 0 Å². The van der Waals surface area contributed by atoms with Crippen molar-refractivity contribution in [1.29, 1.82) is 0 Å². The molecule has 0 aliphatic carbocycles. The first-order valence-corrected chi connectivity index (χ1v) is 5.86. The minimum Gasteiger partial charge on any atom is -0.255 e. The van der Waals surface area contributed by atoms with E-state index in [0.717, 1.165) is 11.4 Å². The fraction of sp³-hybridized carbons (Fsp3) is 0.333. The van der Waals surface area contributed by atoms with E-state index in [9.17, 15) is 0 Å². The molecule has 0 radical (unpaired) electrons. The SMILES string of the molecule is Cc1ccnc(-c2cc(C(C)(C)C)ccn2)c1. The van der Waals surface area contributed by atoms with Crippen LogP contribution in [0, 0.1) is 6.92 Å². The molecule has 0 saturated carbocycles. The topological polar surface area (TPSA) is 25.8 Å². The summed E-state index contributed by atoms with van der Waals surface area (Å²) in [5, 5.41) is 0. The summed E-state index contributed by atoms with van der Waals surface area (Å²) in [6.07, 6.45) is 3.69. The van der Waals surface area contributed by atoms with E-state index < -0.39 is 0 Å². The second kappa shape index (κ2) is 4.28. The molecule has 2 heteroatoms. The zero-order chi connectivity index (χ0) is 12.5. The zero-order valence-corrected chi connectivity index (χ0v) is 10.9. The van der Waals surface area contributed by atoms with E-state index in [4.69, 9.17) is 0 Å². The number of aromatic nitrogens is 2. The molecule has 2 heterocycles. The van der Waals surface area contributed by atoms with Crippen molar-refractivity contribution in [2.24, 2.45) is 0 Å². The van der Waals surface area contributed by atoms with Gasteiger partial charge in [0.05, 0.1) is 11.4 Å². The second-order valence-corrected chi connectivity index (χ2v) is 5.40. The lowest BCUT2D eigenvalue weighted by molar-refractivity contribution is 0.589. The van der Waals surface area contributed by atoms with E-state index in [2.05, 4.69) is 55.9 Å². The summed E-state index contributed by atoms with van der Waals surface area (Å²) in [4.78, 5) is 8.77. The number of rotatable bonds is 1. The van der Waals surface area contributed by atoms with Gasteiger partial charge in [0.15, 0.2) is 0 Å². The van der Waals surface area contributed by atoms with E-state index >= 15 is 0 Å². The summed E-state index contributed by atoms with van der Waals surface area (Å²) in [6.45, 7) is 8.68. The normalized spacial score (nSPS) is 11.5. The van der Waals surface area contributed by atoms with Crippen LogP contribution in [0.15, 0.2) is 36.7 Å². The van der Waals surface area contributed by atoms with Crippen molar-refractivity contribution in [3.05, 3.63) is 47.8 Å². The lowest BCUT2D eigenvalue weighted by Crippen LogP contribution is -2.11. The Kier molecular flexibility index (Phi) is 2.97. The third-order valence-electron chi connectivity index (χ3n) is 2.80. The zero-order valence-electron chi connectivity index (χ0n) is 10.9. The summed E-state index contributed by atoms with van der Waals surface area (Å²) in [5.41, 5.74) is 4.52. The molecule has 17 heavy (non-hydrogen) atoms. The molecule has 0 spiro atoms. The number of aryl methyl sites for hydroxylation is 1. The Morgan fingerprint density at radius 2 is 1.47 bits per heavy atom. The summed E-state index contributed by atoms with van der Waals surface area (Å²) >= 11 is 0. The molecule has 2 aromatic heterocycles. The Bertz CT molecular complexity index is 524. The lowest BCUT2D eigenvalue weighted by atomic mass is 9.87. The maximum Gasteiger partial charge on any atom is 0.0889 e. The fourth-order valence-corrected chi connectivity index (χ4v) is 1.71. The first kappa shape index (κ1) is 11.8. The van der Waals surface area contributed by atoms with Crippen molar-refractivity contribution in [2.45, 2.75) is 33.1 Å². The molecule has 0 fully saturated rings. The molecule has 0 amide bonds. The fourth-order valence-electron chi connectivity index (χ4n) is 1.71. The molecule has 2 rings (SSSR count). The van der Waals surface area contributed by atoms with Crippen molar-refractivity contribution in [3.8, 4) is 11.4 Å². The van der Waals surface area contributed by atoms with Crippen LogP contribution in [0.2, 0.25) is 0 Å². The molecular formula is C15H18N2. The van der Waals surface area contributed by atoms with Crippen LogP contribution in [0.3, 0.4) is 0 Å². The van der Waals surface area contributed by atoms with Crippen LogP contribution in [-0.4, -0.2) is 9.97 Å². The summed E-state index contributed by atoms with van der Waals surface area (Å²) in [7, 11) is 0. The quantitative estimate of drug-likeness (QED) is 0.740. The highest BCUT2D eigenvalue weighted by Crippen LogP contribution is 2.25. The molecule has 0 bridgehead atoms. The Balaban J connectivity index is 2.47. The molecule has 0 atom stereocenters. The van der Waals surface area contributed by atoms with Crippen molar-refractivity contribution in [3.63, 3.8) is 0 Å². The van der Waals surface area contributed by atoms with Crippen LogP contribution in [0.25, 0.3) is 11.4 Å². The van der Waals surface area contributed by atoms with Gasteiger partial charge in [-0.25, -0.2) is 0 Å². The van der Waals surface area contributed by atoms with Gasteiger partial charge in [-0.3, -0.25) is 9.97 Å². The largest absolute Gasteiger partial charge is 0.255 e. The average Bonchev–Trinajstić information content (AvgIpc) is 2.28. The summed E-state index contributed by atoms with van der Waals surface area (Å²) in [6, 6.07) is 8.26. The van der Waals surface area contributed by atoms with Gasteiger partial charge >= 0.3 is 0 Å². The van der Waals surface area contributed by atoms with E-state index in [1.54, 1.807) is 0 Å². The maximum absolute atomic E-state index is 4.40. The predicted octanol–water partition coefficient (Wildman–Crippen LogP) is 3.75. The van der Waals surface area contributed by atoms with Crippen LogP contribution < -0.4 is 0 Å². The maximum atomic E-state index is 4.40. The molecule has 0 aliphatic heterocycles. The van der Waals surface area contributed by atoms with Crippen LogP contribution >= 0.6 is 0 Å². The molecule has 2 aromatic rings. The van der Waals surface area contributed by atoms with Crippen molar-refractivity contribution < 1.29 is 0 Å². The van der Waals surface area contributed by atoms with Gasteiger partial charge in [0.2, 0.25) is 0 Å². The third kappa shape index (κ3) is 2.70. The van der Waals surface area contributed by atoms with E-state index in [1.165, 1.54) is 11.1 Å². The molecule has 0 aromatic carbocycles. The first-order chi connectivity index (χ1) is 7.97. The Morgan fingerprint density at radius 3 is 2.06 bits per heavy atom. The second-order valence-electron chi connectivity index (χ2n) is 5.40. The Hall–Kier alpha value is -1.70. The van der Waals surface area contributed by atoms with Gasteiger partial charge in [-0.15, -0.1) is 0 Å². The van der Waals surface area contributed by atoms with Crippen molar-refractivity contribution >= 4 is 0 Å². The van der Waals surface area contributed by atoms with Crippen molar-refractivity contribution in [1.82, 2.24) is 9.97 Å². The molecule has 2 nitrogen and oxygen atoms in total. The predicted molar refractivity (Wildman–Crippen MR) is 70.9 cm³/mol. The Morgan fingerprint density at radius 1 is 0.882 bits per heavy atom. The van der Waals surface area contributed by atoms with Crippen LogP contribution in [-0.2, 0) is 5.41 Å². The molecule has 0 aliphatic rings. The molecule has 88 valence electrons. The van der Waals surface area contributed by atoms with E-state index in [1.807, 2.05) is 18.5 Å². The molecule has 0 unspecified atom stereocenters. The van der Waals surface area contributed by atoms with Crippen LogP contribution in [0.4, 0.5) is 0 Å². The summed E-state index contributed by atoms with van der Waals surface area (Å²) in [5.74, 6) is 0. The van der Waals surface area contributed by atoms with Gasteiger partial charge in [-0.05, 0) is 47.7 Å². The monoisotopic (exact) mass is 226 g/mol.